The van der Waals surface area contributed by atoms with Crippen LogP contribution in [0.5, 0.6) is 0 Å². The van der Waals surface area contributed by atoms with Crippen LogP contribution in [0.1, 0.15) is 5.56 Å². The van der Waals surface area contributed by atoms with Crippen LogP contribution in [-0.4, -0.2) is 53.9 Å². The Morgan fingerprint density at radius 1 is 1.12 bits per heavy atom. The first-order chi connectivity index (χ1) is 11.5. The second-order valence-electron chi connectivity index (χ2n) is 5.96. The first kappa shape index (κ1) is 16.4. The summed E-state index contributed by atoms with van der Waals surface area (Å²) in [6.07, 6.45) is 1.76. The third-order valence-electron chi connectivity index (χ3n) is 4.18. The van der Waals surface area contributed by atoms with Crippen LogP contribution in [0.2, 0.25) is 0 Å². The molecule has 0 unspecified atom stereocenters. The second-order valence-corrected chi connectivity index (χ2v) is 5.96. The Hall–Kier alpha value is -2.41. The van der Waals surface area contributed by atoms with E-state index in [1.54, 1.807) is 18.3 Å². The lowest BCUT2D eigenvalue weighted by molar-refractivity contribution is -0.160. The molecule has 2 heterocycles. The van der Waals surface area contributed by atoms with Gasteiger partial charge >= 0.3 is 5.92 Å². The molecule has 1 aromatic carbocycles. The minimum atomic E-state index is -3.51. The first-order valence-electron chi connectivity index (χ1n) is 7.83. The summed E-state index contributed by atoms with van der Waals surface area (Å²) in [5.41, 5.74) is 0.382. The number of nitrogens with zero attached hydrogens (tertiary/aromatic N) is 2. The molecule has 1 aromatic heterocycles. The first-order valence-corrected chi connectivity index (χ1v) is 7.83. The lowest BCUT2D eigenvalue weighted by Gasteiger charge is -2.34. The molecule has 0 spiro atoms. The highest BCUT2D eigenvalue weighted by Gasteiger charge is 2.44. The largest absolute Gasteiger partial charge is 0.349 e. The number of amides is 1. The molecule has 0 saturated carbocycles. The van der Waals surface area contributed by atoms with E-state index in [1.165, 1.54) is 17.0 Å². The van der Waals surface area contributed by atoms with Crippen molar-refractivity contribution in [3.8, 4) is 0 Å². The van der Waals surface area contributed by atoms with Gasteiger partial charge in [0.1, 0.15) is 5.82 Å². The van der Waals surface area contributed by atoms with Crippen molar-refractivity contribution in [1.29, 1.82) is 0 Å². The minimum Gasteiger partial charge on any atom is -0.348 e. The molecule has 1 aliphatic rings. The second kappa shape index (κ2) is 6.60. The highest BCUT2D eigenvalue weighted by molar-refractivity contribution is 5.85. The third kappa shape index (κ3) is 3.41. The van der Waals surface area contributed by atoms with E-state index < -0.39 is 11.8 Å². The molecule has 7 heteroatoms. The third-order valence-corrected chi connectivity index (χ3v) is 4.18. The van der Waals surface area contributed by atoms with Crippen molar-refractivity contribution in [3.63, 3.8) is 0 Å². The average Bonchev–Trinajstić information content (AvgIpc) is 3.08. The van der Waals surface area contributed by atoms with Crippen LogP contribution < -0.4 is 5.32 Å². The molecule has 2 N–H and O–H groups in total. The van der Waals surface area contributed by atoms with Gasteiger partial charge in [-0.2, -0.15) is 8.78 Å². The zero-order chi connectivity index (χ0) is 17.2. The summed E-state index contributed by atoms with van der Waals surface area (Å²) in [5.74, 6) is -3.87. The summed E-state index contributed by atoms with van der Waals surface area (Å²) in [7, 11) is 1.91. The Labute approximate surface area is 139 Å². The molecule has 1 fully saturated rings. The van der Waals surface area contributed by atoms with Gasteiger partial charge in [-0.05, 0) is 31.3 Å². The van der Waals surface area contributed by atoms with E-state index in [4.69, 9.17) is 0 Å². The van der Waals surface area contributed by atoms with E-state index in [2.05, 4.69) is 10.3 Å². The molecule has 3 rings (SSSR count). The van der Waals surface area contributed by atoms with Gasteiger partial charge < -0.3 is 20.1 Å². The van der Waals surface area contributed by atoms with Crippen molar-refractivity contribution in [2.45, 2.75) is 5.92 Å². The van der Waals surface area contributed by atoms with E-state index in [9.17, 15) is 13.6 Å². The number of benzene rings is 1. The number of anilines is 2. The fraction of sp³-hybridized carbons (Fsp3) is 0.353. The van der Waals surface area contributed by atoms with Crippen molar-refractivity contribution in [2.75, 3.05) is 38.5 Å². The molecule has 5 nitrogen and oxygen atoms in total. The Bertz CT molecular complexity index is 677. The number of aromatic nitrogens is 1. The highest BCUT2D eigenvalue weighted by Crippen LogP contribution is 2.31. The molecular weight excluding hydrogens is 314 g/mol. The maximum absolute atomic E-state index is 14.5. The van der Waals surface area contributed by atoms with Gasteiger partial charge in [0, 0.05) is 43.6 Å². The van der Waals surface area contributed by atoms with E-state index >= 15 is 0 Å². The monoisotopic (exact) mass is 334 g/mol. The van der Waals surface area contributed by atoms with Gasteiger partial charge in [0.15, 0.2) is 0 Å². The van der Waals surface area contributed by atoms with Gasteiger partial charge in [0.2, 0.25) is 0 Å². The summed E-state index contributed by atoms with van der Waals surface area (Å²) in [5, 5.41) is 3.06. The maximum atomic E-state index is 14.5. The van der Waals surface area contributed by atoms with Crippen LogP contribution in [-0.2, 0) is 10.7 Å². The number of rotatable bonds is 4. The van der Waals surface area contributed by atoms with Gasteiger partial charge in [-0.1, -0.05) is 12.1 Å². The standard InChI is InChI=1S/C17H20F2N4O/c1-22-9-11-23(12-10-22)16(24)17(18,19)13-4-6-14(7-5-13)21-15-3-2-8-20-15/h2-8,20-21H,9-12H2,1H3. The van der Waals surface area contributed by atoms with E-state index in [0.717, 1.165) is 5.82 Å². The molecule has 1 aliphatic heterocycles. The number of carbonyl (C=O) groups excluding carboxylic acids is 1. The van der Waals surface area contributed by atoms with Crippen LogP contribution >= 0.6 is 0 Å². The molecule has 0 bridgehead atoms. The number of halogens is 2. The lowest BCUT2D eigenvalue weighted by atomic mass is 10.1. The molecule has 0 aliphatic carbocycles. The predicted molar refractivity (Wildman–Crippen MR) is 88.5 cm³/mol. The number of aromatic amines is 1. The summed E-state index contributed by atoms with van der Waals surface area (Å²) >= 11 is 0. The van der Waals surface area contributed by atoms with Gasteiger partial charge in [0.25, 0.3) is 5.91 Å². The smallest absolute Gasteiger partial charge is 0.348 e. The summed E-state index contributed by atoms with van der Waals surface area (Å²) in [4.78, 5) is 18.4. The Kier molecular flexibility index (Phi) is 4.53. The predicted octanol–water partition coefficient (Wildman–Crippen LogP) is 2.62. The number of hydrogen-bond donors (Lipinski definition) is 2. The van der Waals surface area contributed by atoms with Crippen LogP contribution in [0.25, 0.3) is 0 Å². The summed E-state index contributed by atoms with van der Waals surface area (Å²) < 4.78 is 29.0. The molecule has 0 atom stereocenters. The molecule has 1 saturated heterocycles. The molecule has 24 heavy (non-hydrogen) atoms. The quantitative estimate of drug-likeness (QED) is 0.904. The minimum absolute atomic E-state index is 0.288. The number of likely N-dealkylation sites (N-methyl/N-ethyl adjacent to an activating group) is 1. The van der Waals surface area contributed by atoms with Crippen LogP contribution in [0.15, 0.2) is 42.6 Å². The van der Waals surface area contributed by atoms with Crippen molar-refractivity contribution in [2.24, 2.45) is 0 Å². The van der Waals surface area contributed by atoms with Gasteiger partial charge in [-0.25, -0.2) is 0 Å². The van der Waals surface area contributed by atoms with E-state index in [0.29, 0.717) is 31.9 Å². The molecule has 128 valence electrons. The van der Waals surface area contributed by atoms with Gasteiger partial charge in [0.05, 0.1) is 0 Å². The molecule has 2 aromatic rings. The zero-order valence-electron chi connectivity index (χ0n) is 13.4. The fourth-order valence-corrected chi connectivity index (χ4v) is 2.66. The number of piperazine rings is 1. The topological polar surface area (TPSA) is 51.4 Å². The summed E-state index contributed by atoms with van der Waals surface area (Å²) in [6, 6.07) is 9.33. The zero-order valence-corrected chi connectivity index (χ0v) is 13.4. The molecule has 1 amide bonds. The van der Waals surface area contributed by atoms with Crippen molar-refractivity contribution < 1.29 is 13.6 Å². The van der Waals surface area contributed by atoms with Crippen LogP contribution in [0, 0.1) is 0 Å². The Morgan fingerprint density at radius 2 is 1.79 bits per heavy atom. The highest BCUT2D eigenvalue weighted by atomic mass is 19.3. The number of nitrogens with one attached hydrogen (secondary N) is 2. The number of hydrogen-bond acceptors (Lipinski definition) is 3. The number of H-pyrrole nitrogens is 1. The number of alkyl halides is 2. The Morgan fingerprint density at radius 3 is 2.38 bits per heavy atom. The summed E-state index contributed by atoms with van der Waals surface area (Å²) in [6.45, 7) is 1.89. The van der Waals surface area contributed by atoms with Gasteiger partial charge in [-0.3, -0.25) is 4.79 Å². The lowest BCUT2D eigenvalue weighted by Crippen LogP contribution is -2.51. The van der Waals surface area contributed by atoms with E-state index in [-0.39, 0.29) is 5.56 Å². The maximum Gasteiger partial charge on any atom is 0.349 e. The fourth-order valence-electron chi connectivity index (χ4n) is 2.66. The van der Waals surface area contributed by atoms with Gasteiger partial charge in [-0.15, -0.1) is 0 Å². The van der Waals surface area contributed by atoms with Crippen LogP contribution in [0.3, 0.4) is 0 Å². The van der Waals surface area contributed by atoms with E-state index in [1.807, 2.05) is 24.1 Å². The Balaban J connectivity index is 1.70. The van der Waals surface area contributed by atoms with Crippen molar-refractivity contribution in [1.82, 2.24) is 14.8 Å². The van der Waals surface area contributed by atoms with Crippen molar-refractivity contribution in [3.05, 3.63) is 48.2 Å². The molecule has 0 radical (unpaired) electrons. The average molecular weight is 334 g/mol. The SMILES string of the molecule is CN1CCN(C(=O)C(F)(F)c2ccc(Nc3ccc[nH]3)cc2)CC1. The normalized spacial score (nSPS) is 16.2. The number of carbonyl (C=O) groups is 1. The van der Waals surface area contributed by atoms with Crippen LogP contribution in [0.4, 0.5) is 20.3 Å². The van der Waals surface area contributed by atoms with Crippen molar-refractivity contribution >= 4 is 17.4 Å². The molecular formula is C17H20F2N4O.